The molecule has 14 heteroatoms. The molecule has 0 aromatic rings. The molecule has 0 rings (SSSR count). The van der Waals surface area contributed by atoms with Gasteiger partial charge in [0.25, 0.3) is 0 Å². The molecule has 3 nitrogen and oxygen atoms in total. The van der Waals surface area contributed by atoms with Crippen LogP contribution in [-0.2, 0) is 10.1 Å². The van der Waals surface area contributed by atoms with Gasteiger partial charge >= 0.3 is 33.4 Å². The Balaban J connectivity index is 0. The molecule has 1 N–H and O–H groups in total. The Bertz CT molecular complexity index is 399. The van der Waals surface area contributed by atoms with Crippen LogP contribution in [-0.4, -0.2) is 94.4 Å². The van der Waals surface area contributed by atoms with Crippen LogP contribution < -0.4 is 0 Å². The van der Waals surface area contributed by atoms with E-state index in [0.29, 0.717) is 0 Å². The molecule has 0 saturated carbocycles. The first kappa shape index (κ1) is 21.4. The van der Waals surface area contributed by atoms with Gasteiger partial charge in [-0.2, -0.15) is 47.9 Å². The van der Waals surface area contributed by atoms with E-state index in [1.165, 1.54) is 0 Å². The van der Waals surface area contributed by atoms with Crippen molar-refractivity contribution in [3.05, 3.63) is 0 Å². The van der Waals surface area contributed by atoms with E-state index in [-0.39, 0.29) is 58.2 Å². The Kier molecular flexibility index (Phi) is 6.49. The first-order valence-electron chi connectivity index (χ1n) is 3.17. The third-order valence-electron chi connectivity index (χ3n) is 1.44. The molecular weight excluding hydrogens is 385 g/mol. The zero-order chi connectivity index (χ0) is 14.5. The molecule has 0 heterocycles. The molecule has 0 amide bonds. The van der Waals surface area contributed by atoms with Crippen molar-refractivity contribution in [2.45, 2.75) is 23.3 Å². The van der Waals surface area contributed by atoms with Crippen molar-refractivity contribution in [1.29, 1.82) is 0 Å². The molecule has 0 spiro atoms. The summed E-state index contributed by atoms with van der Waals surface area (Å²) in [6.07, 6.45) is -7.13. The average molecular weight is 386 g/mol. The van der Waals surface area contributed by atoms with Gasteiger partial charge in [0.1, 0.15) is 0 Å². The number of halogens is 9. The Morgan fingerprint density at radius 1 is 0.722 bits per heavy atom. The fourth-order valence-electron chi connectivity index (χ4n) is 0.523. The van der Waals surface area contributed by atoms with Crippen molar-refractivity contribution < 1.29 is 52.5 Å². The van der Waals surface area contributed by atoms with Gasteiger partial charge in [-0.3, -0.25) is 4.55 Å². The van der Waals surface area contributed by atoms with E-state index >= 15 is 0 Å². The van der Waals surface area contributed by atoms with E-state index in [0.717, 1.165) is 0 Å². The van der Waals surface area contributed by atoms with E-state index in [1.807, 2.05) is 0 Å². The predicted octanol–water partition coefficient (Wildman–Crippen LogP) is 1.92. The zero-order valence-electron chi connectivity index (χ0n) is 8.07. The molecule has 0 aromatic carbocycles. The van der Waals surface area contributed by atoms with Crippen molar-refractivity contribution >= 4 is 68.3 Å². The minimum absolute atomic E-state index is 0. The van der Waals surface area contributed by atoms with Gasteiger partial charge < -0.3 is 0 Å². The minimum atomic E-state index is -7.37. The smallest absolute Gasteiger partial charge is 0.281 e. The summed E-state index contributed by atoms with van der Waals surface area (Å²) in [5.74, 6) is -14.7. The second-order valence-corrected chi connectivity index (χ2v) is 4.10. The maximum Gasteiger partial charge on any atom is 0.460 e. The summed E-state index contributed by atoms with van der Waals surface area (Å²) in [6, 6.07) is 0. The molecule has 18 heavy (non-hydrogen) atoms. The summed E-state index contributed by atoms with van der Waals surface area (Å²) >= 11 is 0. The third kappa shape index (κ3) is 3.21. The molecule has 0 bridgehead atoms. The number of hydrogen-bond acceptors (Lipinski definition) is 2. The van der Waals surface area contributed by atoms with Crippen LogP contribution in [0.2, 0.25) is 0 Å². The SMILES string of the molecule is O=S(=O)(O)C(F)(F)C(F)(F)C(F)(F)C(F)(F)F.[Rb]. The zero-order valence-corrected chi connectivity index (χ0v) is 13.8. The molecule has 0 saturated heterocycles. The fourth-order valence-corrected chi connectivity index (χ4v) is 0.975. The normalized spacial score (nSPS) is 15.2. The number of alkyl halides is 9. The van der Waals surface area contributed by atoms with Crippen LogP contribution >= 0.6 is 0 Å². The molecule has 105 valence electrons. The van der Waals surface area contributed by atoms with Crippen LogP contribution in [0.15, 0.2) is 0 Å². The largest absolute Gasteiger partial charge is 0.460 e. The van der Waals surface area contributed by atoms with Crippen molar-refractivity contribution in [1.82, 2.24) is 0 Å². The van der Waals surface area contributed by atoms with E-state index in [9.17, 15) is 47.9 Å². The minimum Gasteiger partial charge on any atom is -0.281 e. The first-order chi connectivity index (χ1) is 7.00. The van der Waals surface area contributed by atoms with Gasteiger partial charge in [-0.1, -0.05) is 0 Å². The Labute approximate surface area is 142 Å². The van der Waals surface area contributed by atoms with Crippen LogP contribution in [0, 0.1) is 0 Å². The van der Waals surface area contributed by atoms with Gasteiger partial charge in [-0.05, 0) is 0 Å². The van der Waals surface area contributed by atoms with E-state index in [1.54, 1.807) is 0 Å². The van der Waals surface area contributed by atoms with E-state index in [2.05, 4.69) is 0 Å². The summed E-state index contributed by atoms with van der Waals surface area (Å²) in [5.41, 5.74) is 0. The van der Waals surface area contributed by atoms with Gasteiger partial charge in [0.15, 0.2) is 0 Å². The second-order valence-electron chi connectivity index (χ2n) is 2.64. The molecule has 1 radical (unpaired) electrons. The second kappa shape index (κ2) is 5.46. The summed E-state index contributed by atoms with van der Waals surface area (Å²) in [5, 5.41) is -7.00. The topological polar surface area (TPSA) is 54.4 Å². The van der Waals surface area contributed by atoms with Crippen molar-refractivity contribution in [2.24, 2.45) is 0 Å². The molecule has 0 aromatic heterocycles. The Morgan fingerprint density at radius 3 is 1.17 bits per heavy atom. The Hall–Kier alpha value is 1.09. The molecule has 0 aliphatic rings. The first-order valence-corrected chi connectivity index (χ1v) is 4.61. The average Bonchev–Trinajstić information content (AvgIpc) is 1.98. The van der Waals surface area contributed by atoms with Crippen molar-refractivity contribution in [2.75, 3.05) is 0 Å². The van der Waals surface area contributed by atoms with Crippen LogP contribution in [0.3, 0.4) is 0 Å². The van der Waals surface area contributed by atoms with Crippen LogP contribution in [0.5, 0.6) is 0 Å². The maximum absolute atomic E-state index is 12.2. The van der Waals surface area contributed by atoms with Gasteiger partial charge in [-0.25, -0.2) is 0 Å². The van der Waals surface area contributed by atoms with Crippen LogP contribution in [0.4, 0.5) is 39.5 Å². The number of hydrogen-bond donors (Lipinski definition) is 1. The summed E-state index contributed by atoms with van der Waals surface area (Å²) < 4.78 is 134. The van der Waals surface area contributed by atoms with Crippen molar-refractivity contribution in [3.8, 4) is 0 Å². The quantitative estimate of drug-likeness (QED) is 0.597. The standard InChI is InChI=1S/C4HF9O3S.Rb/c5-1(6,3(9,10)11)2(7,8)4(12,13)17(14,15)16;/h(H,14,15,16);. The summed E-state index contributed by atoms with van der Waals surface area (Å²) in [6.45, 7) is 0. The molecule has 0 aliphatic heterocycles. The molecular formula is C4HF9O3RbS. The molecule has 0 atom stereocenters. The summed E-state index contributed by atoms with van der Waals surface area (Å²) in [4.78, 5) is 0. The van der Waals surface area contributed by atoms with Gasteiger partial charge in [0, 0.05) is 58.2 Å². The molecule has 0 aliphatic carbocycles. The number of rotatable bonds is 3. The van der Waals surface area contributed by atoms with E-state index in [4.69, 9.17) is 4.55 Å². The fraction of sp³-hybridized carbons (Fsp3) is 1.00. The van der Waals surface area contributed by atoms with Gasteiger partial charge in [0.2, 0.25) is 0 Å². The third-order valence-corrected chi connectivity index (χ3v) is 2.34. The maximum atomic E-state index is 12.2. The monoisotopic (exact) mass is 385 g/mol. The summed E-state index contributed by atoms with van der Waals surface area (Å²) in [7, 11) is -7.17. The van der Waals surface area contributed by atoms with Crippen LogP contribution in [0.1, 0.15) is 0 Å². The molecule has 0 fully saturated rings. The van der Waals surface area contributed by atoms with Crippen LogP contribution in [0.25, 0.3) is 0 Å². The van der Waals surface area contributed by atoms with Gasteiger partial charge in [-0.15, -0.1) is 0 Å². The van der Waals surface area contributed by atoms with Gasteiger partial charge in [0.05, 0.1) is 0 Å². The predicted molar refractivity (Wildman–Crippen MR) is 38.2 cm³/mol. The van der Waals surface area contributed by atoms with E-state index < -0.39 is 33.4 Å². The van der Waals surface area contributed by atoms with Crippen molar-refractivity contribution in [3.63, 3.8) is 0 Å². The Morgan fingerprint density at radius 2 is 1.00 bits per heavy atom. The molecule has 0 unspecified atom stereocenters.